The van der Waals surface area contributed by atoms with Gasteiger partial charge in [-0.15, -0.1) is 0 Å². The van der Waals surface area contributed by atoms with E-state index < -0.39 is 0 Å². The molecule has 5 heteroatoms. The van der Waals surface area contributed by atoms with Crippen LogP contribution in [0.25, 0.3) is 0 Å². The largest absolute Gasteiger partial charge is 0.508 e. The molecule has 3 saturated heterocycles. The van der Waals surface area contributed by atoms with E-state index in [4.69, 9.17) is 0 Å². The Kier molecular flexibility index (Phi) is 5.98. The Morgan fingerprint density at radius 2 is 1.63 bits per heavy atom. The van der Waals surface area contributed by atoms with E-state index in [2.05, 4.69) is 14.7 Å². The number of amides is 1. The van der Waals surface area contributed by atoms with Gasteiger partial charge in [-0.2, -0.15) is 0 Å². The second-order valence-electron chi connectivity index (χ2n) is 8.54. The summed E-state index contributed by atoms with van der Waals surface area (Å²) in [7, 11) is 0. The highest BCUT2D eigenvalue weighted by molar-refractivity contribution is 5.79. The summed E-state index contributed by atoms with van der Waals surface area (Å²) in [5.41, 5.74) is 1.26. The van der Waals surface area contributed by atoms with E-state index in [1.807, 2.05) is 12.1 Å². The third-order valence-electron chi connectivity index (χ3n) is 6.64. The molecular weight excluding hydrogens is 338 g/mol. The normalized spacial score (nSPS) is 25.8. The summed E-state index contributed by atoms with van der Waals surface area (Å²) in [4.78, 5) is 20.0. The van der Waals surface area contributed by atoms with Crippen LogP contribution in [0, 0.1) is 5.92 Å². The molecule has 3 heterocycles. The number of carbonyl (C=O) groups excluding carboxylic acids is 1. The summed E-state index contributed by atoms with van der Waals surface area (Å²) < 4.78 is 0. The molecule has 0 bridgehead atoms. The van der Waals surface area contributed by atoms with Crippen LogP contribution >= 0.6 is 0 Å². The number of phenols is 1. The molecule has 1 aromatic carbocycles. The number of aromatic hydroxyl groups is 1. The summed E-state index contributed by atoms with van der Waals surface area (Å²) in [6.45, 7) is 7.28. The Labute approximate surface area is 162 Å². The van der Waals surface area contributed by atoms with Gasteiger partial charge in [-0.05, 0) is 75.9 Å². The van der Waals surface area contributed by atoms with Gasteiger partial charge in [0.1, 0.15) is 5.75 Å². The highest BCUT2D eigenvalue weighted by Gasteiger charge is 2.34. The van der Waals surface area contributed by atoms with Crippen molar-refractivity contribution in [3.8, 4) is 5.75 Å². The van der Waals surface area contributed by atoms with E-state index in [-0.39, 0.29) is 5.92 Å². The van der Waals surface area contributed by atoms with Gasteiger partial charge in [0, 0.05) is 32.2 Å². The van der Waals surface area contributed by atoms with Crippen molar-refractivity contribution >= 4 is 5.91 Å². The minimum absolute atomic E-state index is 0.229. The second kappa shape index (κ2) is 8.61. The summed E-state index contributed by atoms with van der Waals surface area (Å²) in [5.74, 6) is 0.981. The van der Waals surface area contributed by atoms with Gasteiger partial charge in [0.05, 0.1) is 5.92 Å². The topological polar surface area (TPSA) is 47.0 Å². The number of hydrogen-bond donors (Lipinski definition) is 1. The van der Waals surface area contributed by atoms with Crippen LogP contribution in [0.2, 0.25) is 0 Å². The first-order valence-corrected chi connectivity index (χ1v) is 10.7. The van der Waals surface area contributed by atoms with Gasteiger partial charge in [-0.25, -0.2) is 0 Å². The maximum Gasteiger partial charge on any atom is 0.226 e. The van der Waals surface area contributed by atoms with Crippen LogP contribution in [0.15, 0.2) is 24.3 Å². The minimum atomic E-state index is 0.229. The van der Waals surface area contributed by atoms with Gasteiger partial charge in [0.15, 0.2) is 0 Å². The number of piperidine rings is 2. The van der Waals surface area contributed by atoms with Gasteiger partial charge in [0.2, 0.25) is 5.91 Å². The first-order chi connectivity index (χ1) is 13.2. The van der Waals surface area contributed by atoms with Crippen molar-refractivity contribution in [2.45, 2.75) is 51.1 Å². The molecule has 0 radical (unpaired) electrons. The molecule has 3 fully saturated rings. The fourth-order valence-corrected chi connectivity index (χ4v) is 5.04. The van der Waals surface area contributed by atoms with Crippen molar-refractivity contribution in [2.24, 2.45) is 5.92 Å². The molecule has 0 saturated carbocycles. The van der Waals surface area contributed by atoms with E-state index in [0.717, 1.165) is 58.7 Å². The first kappa shape index (κ1) is 18.8. The van der Waals surface area contributed by atoms with Crippen molar-refractivity contribution < 1.29 is 9.90 Å². The number of nitrogens with zero attached hydrogens (tertiary/aromatic N) is 3. The molecular formula is C22H33N3O2. The zero-order valence-electron chi connectivity index (χ0n) is 16.4. The monoisotopic (exact) mass is 371 g/mol. The van der Waals surface area contributed by atoms with Crippen LogP contribution in [0.1, 0.15) is 44.1 Å². The molecule has 1 atom stereocenters. The van der Waals surface area contributed by atoms with E-state index >= 15 is 0 Å². The van der Waals surface area contributed by atoms with Crippen LogP contribution < -0.4 is 0 Å². The molecule has 1 N–H and O–H groups in total. The molecule has 5 nitrogen and oxygen atoms in total. The Bertz CT molecular complexity index is 619. The number of carbonyl (C=O) groups is 1. The predicted octanol–water partition coefficient (Wildman–Crippen LogP) is 2.69. The Hall–Kier alpha value is -1.59. The highest BCUT2D eigenvalue weighted by atomic mass is 16.3. The quantitative estimate of drug-likeness (QED) is 0.884. The van der Waals surface area contributed by atoms with Crippen molar-refractivity contribution in [3.63, 3.8) is 0 Å². The van der Waals surface area contributed by atoms with Crippen LogP contribution in [-0.4, -0.2) is 71.0 Å². The standard InChI is InChI=1S/C22H33N3O2/c26-21-7-5-18(6-8-21)16-23-14-9-20(10-15-23)25-13-3-4-19(17-25)22(27)24-11-1-2-12-24/h5-8,19-20,26H,1-4,9-17H2/t19-/m1/s1. The summed E-state index contributed by atoms with van der Waals surface area (Å²) >= 11 is 0. The predicted molar refractivity (Wildman–Crippen MR) is 107 cm³/mol. The maximum absolute atomic E-state index is 12.8. The van der Waals surface area contributed by atoms with Crippen LogP contribution in [-0.2, 0) is 11.3 Å². The van der Waals surface area contributed by atoms with E-state index in [0.29, 0.717) is 17.7 Å². The lowest BCUT2D eigenvalue weighted by Crippen LogP contribution is -2.51. The molecule has 3 aliphatic heterocycles. The number of hydrogen-bond acceptors (Lipinski definition) is 4. The molecule has 148 valence electrons. The van der Waals surface area contributed by atoms with Crippen LogP contribution in [0.3, 0.4) is 0 Å². The summed E-state index contributed by atoms with van der Waals surface area (Å²) in [5, 5.41) is 9.43. The molecule has 3 aliphatic rings. The number of benzene rings is 1. The third kappa shape index (κ3) is 4.64. The van der Waals surface area contributed by atoms with E-state index in [1.165, 1.54) is 31.2 Å². The van der Waals surface area contributed by atoms with Crippen LogP contribution in [0.5, 0.6) is 5.75 Å². The van der Waals surface area contributed by atoms with E-state index in [9.17, 15) is 9.90 Å². The number of likely N-dealkylation sites (tertiary alicyclic amines) is 3. The molecule has 0 aliphatic carbocycles. The fraction of sp³-hybridized carbons (Fsp3) is 0.682. The summed E-state index contributed by atoms with van der Waals surface area (Å²) in [6.07, 6.45) is 7.00. The average Bonchev–Trinajstić information content (AvgIpc) is 3.25. The number of phenolic OH excluding ortho intramolecular Hbond substituents is 1. The second-order valence-corrected chi connectivity index (χ2v) is 8.54. The lowest BCUT2D eigenvalue weighted by molar-refractivity contribution is -0.136. The van der Waals surface area contributed by atoms with Gasteiger partial charge in [0.25, 0.3) is 0 Å². The molecule has 0 aromatic heterocycles. The average molecular weight is 372 g/mol. The first-order valence-electron chi connectivity index (χ1n) is 10.7. The molecule has 27 heavy (non-hydrogen) atoms. The zero-order valence-corrected chi connectivity index (χ0v) is 16.4. The molecule has 0 unspecified atom stereocenters. The lowest BCUT2D eigenvalue weighted by Gasteiger charge is -2.42. The summed E-state index contributed by atoms with van der Waals surface area (Å²) in [6, 6.07) is 8.21. The van der Waals surface area contributed by atoms with E-state index in [1.54, 1.807) is 12.1 Å². The molecule has 4 rings (SSSR count). The zero-order chi connectivity index (χ0) is 18.6. The lowest BCUT2D eigenvalue weighted by atomic mass is 9.93. The van der Waals surface area contributed by atoms with Gasteiger partial charge in [-0.3, -0.25) is 14.6 Å². The Balaban J connectivity index is 1.26. The van der Waals surface area contributed by atoms with Gasteiger partial charge >= 0.3 is 0 Å². The van der Waals surface area contributed by atoms with Crippen molar-refractivity contribution in [2.75, 3.05) is 39.3 Å². The van der Waals surface area contributed by atoms with Crippen LogP contribution in [0.4, 0.5) is 0 Å². The smallest absolute Gasteiger partial charge is 0.226 e. The Morgan fingerprint density at radius 3 is 2.33 bits per heavy atom. The Morgan fingerprint density at radius 1 is 0.926 bits per heavy atom. The molecule has 1 amide bonds. The minimum Gasteiger partial charge on any atom is -0.508 e. The van der Waals surface area contributed by atoms with Crippen molar-refractivity contribution in [1.82, 2.24) is 14.7 Å². The number of rotatable bonds is 4. The van der Waals surface area contributed by atoms with Gasteiger partial charge < -0.3 is 10.0 Å². The third-order valence-corrected chi connectivity index (χ3v) is 6.64. The van der Waals surface area contributed by atoms with Crippen molar-refractivity contribution in [1.29, 1.82) is 0 Å². The maximum atomic E-state index is 12.8. The molecule has 0 spiro atoms. The SMILES string of the molecule is O=C([C@@H]1CCCN(C2CCN(Cc3ccc(O)cc3)CC2)C1)N1CCCC1. The van der Waals surface area contributed by atoms with Gasteiger partial charge in [-0.1, -0.05) is 12.1 Å². The molecule has 1 aromatic rings. The fourth-order valence-electron chi connectivity index (χ4n) is 5.04. The van der Waals surface area contributed by atoms with Crippen molar-refractivity contribution in [3.05, 3.63) is 29.8 Å². The highest BCUT2D eigenvalue weighted by Crippen LogP contribution is 2.26.